The van der Waals surface area contributed by atoms with Crippen LogP contribution in [0.1, 0.15) is 17.0 Å². The fourth-order valence-corrected chi connectivity index (χ4v) is 3.60. The summed E-state index contributed by atoms with van der Waals surface area (Å²) >= 11 is 0. The van der Waals surface area contributed by atoms with E-state index in [1.807, 2.05) is 30.3 Å². The average Bonchev–Trinajstić information content (AvgIpc) is 2.80. The Bertz CT molecular complexity index is 808. The topological polar surface area (TPSA) is 81.2 Å². The number of terminal acetylenes is 1. The van der Waals surface area contributed by atoms with Gasteiger partial charge in [-0.3, -0.25) is 0 Å². The molecule has 0 fully saturated rings. The molecule has 0 saturated carbocycles. The number of fused-ring (bicyclic) bond motifs is 1. The summed E-state index contributed by atoms with van der Waals surface area (Å²) in [4.78, 5) is 3.22. The first-order valence-electron chi connectivity index (χ1n) is 7.08. The summed E-state index contributed by atoms with van der Waals surface area (Å²) in [6, 6.07) is 7.43. The summed E-state index contributed by atoms with van der Waals surface area (Å²) in [5, 5.41) is 0. The molecule has 1 atom stereocenters. The van der Waals surface area contributed by atoms with Gasteiger partial charge in [-0.2, -0.15) is 4.79 Å². The number of rotatable bonds is 6. The summed E-state index contributed by atoms with van der Waals surface area (Å²) < 4.78 is 28.2. The van der Waals surface area contributed by atoms with Crippen molar-refractivity contribution in [1.82, 2.24) is 0 Å². The fourth-order valence-electron chi connectivity index (χ4n) is 2.41. The van der Waals surface area contributed by atoms with Gasteiger partial charge in [-0.15, -0.1) is 6.42 Å². The number of ether oxygens (including phenoxy) is 1. The van der Waals surface area contributed by atoms with E-state index in [2.05, 4.69) is 10.7 Å². The van der Waals surface area contributed by atoms with Crippen LogP contribution in [0.25, 0.3) is 11.6 Å². The molecule has 6 nitrogen and oxygen atoms in total. The summed E-state index contributed by atoms with van der Waals surface area (Å²) in [7, 11) is -1.29. The zero-order valence-corrected chi connectivity index (χ0v) is 14.3. The normalized spacial score (nSPS) is 16.2. The molecule has 24 heavy (non-hydrogen) atoms. The Labute approximate surface area is 140 Å². The van der Waals surface area contributed by atoms with Crippen LogP contribution in [0.5, 0.6) is 0 Å². The molecule has 1 aliphatic rings. The molecule has 0 N–H and O–H groups in total. The van der Waals surface area contributed by atoms with Crippen LogP contribution in [0.4, 0.5) is 0 Å². The first kappa shape index (κ1) is 17.9. The molecule has 1 aliphatic carbocycles. The van der Waals surface area contributed by atoms with Gasteiger partial charge in [-0.1, -0.05) is 36.3 Å². The van der Waals surface area contributed by atoms with E-state index < -0.39 is 13.5 Å². The monoisotopic (exact) mass is 344 g/mol. The SMILES string of the molecule is C#CCOC1=CC(C(=[N+]=[N-])P(=O)(OC)OC)c2ccccc2C=C1. The molecule has 0 spiro atoms. The van der Waals surface area contributed by atoms with Gasteiger partial charge in [0.2, 0.25) is 0 Å². The number of hydrogen-bond donors (Lipinski definition) is 0. The third-order valence-electron chi connectivity index (χ3n) is 3.55. The maximum atomic E-state index is 12.8. The van der Waals surface area contributed by atoms with Gasteiger partial charge in [-0.25, -0.2) is 4.57 Å². The molecule has 2 rings (SSSR count). The molecular formula is C17H17N2O4P. The minimum Gasteiger partial charge on any atom is -0.481 e. The van der Waals surface area contributed by atoms with Gasteiger partial charge in [0.1, 0.15) is 18.3 Å². The van der Waals surface area contributed by atoms with E-state index in [9.17, 15) is 10.1 Å². The summed E-state index contributed by atoms with van der Waals surface area (Å²) in [5.74, 6) is 2.19. The van der Waals surface area contributed by atoms with Gasteiger partial charge in [-0.05, 0) is 23.3 Å². The molecule has 0 aliphatic heterocycles. The van der Waals surface area contributed by atoms with E-state index in [0.717, 1.165) is 11.1 Å². The second kappa shape index (κ2) is 7.92. The van der Waals surface area contributed by atoms with Gasteiger partial charge in [0, 0.05) is 14.2 Å². The molecule has 0 amide bonds. The Kier molecular flexibility index (Phi) is 5.92. The molecule has 0 saturated heterocycles. The highest BCUT2D eigenvalue weighted by Crippen LogP contribution is 2.52. The molecule has 0 bridgehead atoms. The second-order valence-electron chi connectivity index (χ2n) is 4.82. The average molecular weight is 344 g/mol. The molecule has 0 radical (unpaired) electrons. The highest BCUT2D eigenvalue weighted by Gasteiger charge is 2.45. The highest BCUT2D eigenvalue weighted by atomic mass is 31.2. The number of benzene rings is 1. The maximum Gasteiger partial charge on any atom is 0.438 e. The van der Waals surface area contributed by atoms with Crippen molar-refractivity contribution in [2.45, 2.75) is 5.92 Å². The standard InChI is InChI=1S/C17H17N2O4P/c1-4-11-23-14-10-9-13-7-5-6-8-15(13)16(12-14)17(19-18)24(20,21-2)22-3/h1,5-10,12,16H,11H2,2-3H3. The van der Waals surface area contributed by atoms with Gasteiger partial charge in [0.15, 0.2) is 0 Å². The van der Waals surface area contributed by atoms with E-state index in [0.29, 0.717) is 5.76 Å². The van der Waals surface area contributed by atoms with Crippen molar-refractivity contribution >= 4 is 19.1 Å². The Morgan fingerprint density at radius 2 is 2.04 bits per heavy atom. The molecule has 1 aromatic rings. The lowest BCUT2D eigenvalue weighted by Crippen LogP contribution is -2.16. The minimum atomic E-state index is -3.76. The maximum absolute atomic E-state index is 12.8. The van der Waals surface area contributed by atoms with Crippen molar-refractivity contribution in [2.24, 2.45) is 0 Å². The van der Waals surface area contributed by atoms with Crippen molar-refractivity contribution in [3.63, 3.8) is 0 Å². The van der Waals surface area contributed by atoms with Crippen LogP contribution in [0.15, 0.2) is 42.2 Å². The van der Waals surface area contributed by atoms with Crippen LogP contribution in [-0.4, -0.2) is 31.1 Å². The lowest BCUT2D eigenvalue weighted by atomic mass is 9.95. The van der Waals surface area contributed by atoms with Crippen molar-refractivity contribution in [3.05, 3.63) is 58.8 Å². The molecule has 7 heteroatoms. The zero-order chi connectivity index (χ0) is 17.6. The fraction of sp³-hybridized carbons (Fsp3) is 0.235. The largest absolute Gasteiger partial charge is 0.481 e. The van der Waals surface area contributed by atoms with E-state index >= 15 is 0 Å². The molecule has 0 aromatic heterocycles. The first-order chi connectivity index (χ1) is 11.6. The van der Waals surface area contributed by atoms with E-state index in [1.54, 1.807) is 12.2 Å². The van der Waals surface area contributed by atoms with Gasteiger partial charge in [0.25, 0.3) is 0 Å². The van der Waals surface area contributed by atoms with E-state index in [-0.39, 0.29) is 12.1 Å². The summed E-state index contributed by atoms with van der Waals surface area (Å²) in [6.07, 6.45) is 10.5. The molecule has 1 aromatic carbocycles. The van der Waals surface area contributed by atoms with Gasteiger partial charge < -0.3 is 19.3 Å². The molecular weight excluding hydrogens is 327 g/mol. The number of nitrogens with zero attached hydrogens (tertiary/aromatic N) is 2. The van der Waals surface area contributed by atoms with Crippen LogP contribution in [0.2, 0.25) is 0 Å². The predicted molar refractivity (Wildman–Crippen MR) is 91.3 cm³/mol. The smallest absolute Gasteiger partial charge is 0.438 e. The zero-order valence-electron chi connectivity index (χ0n) is 13.4. The third-order valence-corrected chi connectivity index (χ3v) is 5.44. The van der Waals surface area contributed by atoms with Crippen molar-refractivity contribution in [2.75, 3.05) is 20.8 Å². The predicted octanol–water partition coefficient (Wildman–Crippen LogP) is 3.44. The third kappa shape index (κ3) is 3.56. The Hall–Kier alpha value is -2.41. The number of hydrogen-bond acceptors (Lipinski definition) is 4. The van der Waals surface area contributed by atoms with Crippen LogP contribution in [-0.2, 0) is 18.3 Å². The molecule has 124 valence electrons. The van der Waals surface area contributed by atoms with Crippen LogP contribution < -0.4 is 0 Å². The lowest BCUT2D eigenvalue weighted by Gasteiger charge is -2.16. The van der Waals surface area contributed by atoms with Gasteiger partial charge in [0.05, 0.1) is 0 Å². The van der Waals surface area contributed by atoms with Crippen LogP contribution in [0, 0.1) is 12.3 Å². The Morgan fingerprint density at radius 1 is 1.33 bits per heavy atom. The van der Waals surface area contributed by atoms with Gasteiger partial charge >= 0.3 is 13.0 Å². The highest BCUT2D eigenvalue weighted by molar-refractivity contribution is 7.72. The summed E-state index contributed by atoms with van der Waals surface area (Å²) in [6.45, 7) is 0.0804. The van der Waals surface area contributed by atoms with E-state index in [4.69, 9.17) is 20.2 Å². The Morgan fingerprint density at radius 3 is 2.67 bits per heavy atom. The first-order valence-corrected chi connectivity index (χ1v) is 8.63. The quantitative estimate of drug-likeness (QED) is 0.260. The Balaban J connectivity index is 2.61. The van der Waals surface area contributed by atoms with Crippen molar-refractivity contribution < 1.29 is 23.1 Å². The van der Waals surface area contributed by atoms with Crippen molar-refractivity contribution in [1.29, 1.82) is 0 Å². The second-order valence-corrected chi connectivity index (χ2v) is 7.01. The van der Waals surface area contributed by atoms with Crippen molar-refractivity contribution in [3.8, 4) is 12.3 Å². The van der Waals surface area contributed by atoms with E-state index in [1.165, 1.54) is 14.2 Å². The molecule has 1 unspecified atom stereocenters. The lowest BCUT2D eigenvalue weighted by molar-refractivity contribution is -0.00674. The minimum absolute atomic E-state index is 0.0804. The summed E-state index contributed by atoms with van der Waals surface area (Å²) in [5.41, 5.74) is 11.0. The van der Waals surface area contributed by atoms with Crippen LogP contribution in [0.3, 0.4) is 0 Å². The number of allylic oxidation sites excluding steroid dienone is 2. The molecule has 0 heterocycles. The van der Waals surface area contributed by atoms with Crippen LogP contribution >= 0.6 is 7.60 Å².